The molecule has 0 aliphatic heterocycles. The molecule has 0 bridgehead atoms. The SMILES string of the molecule is NCc1ccccc1OCCS(=O)(=O)Cc1ccccc1. The van der Waals surface area contributed by atoms with Crippen LogP contribution in [-0.2, 0) is 22.1 Å². The van der Waals surface area contributed by atoms with Gasteiger partial charge < -0.3 is 10.5 Å². The largest absolute Gasteiger partial charge is 0.492 e. The Kier molecular flexibility index (Phi) is 5.36. The van der Waals surface area contributed by atoms with Crippen LogP contribution in [0.1, 0.15) is 11.1 Å². The first-order chi connectivity index (χ1) is 10.1. The van der Waals surface area contributed by atoms with Crippen molar-refractivity contribution in [3.63, 3.8) is 0 Å². The Hall–Kier alpha value is -1.85. The van der Waals surface area contributed by atoms with Gasteiger partial charge in [-0.25, -0.2) is 8.42 Å². The van der Waals surface area contributed by atoms with E-state index in [9.17, 15) is 8.42 Å². The van der Waals surface area contributed by atoms with E-state index >= 15 is 0 Å². The van der Waals surface area contributed by atoms with Crippen LogP contribution < -0.4 is 10.5 Å². The zero-order chi connectivity index (χ0) is 15.1. The Bertz CT molecular complexity index is 669. The van der Waals surface area contributed by atoms with Gasteiger partial charge in [0.25, 0.3) is 0 Å². The maximum absolute atomic E-state index is 12.0. The highest BCUT2D eigenvalue weighted by molar-refractivity contribution is 7.90. The molecule has 5 heteroatoms. The second kappa shape index (κ2) is 7.24. The number of ether oxygens (including phenoxy) is 1. The van der Waals surface area contributed by atoms with Gasteiger partial charge in [-0.15, -0.1) is 0 Å². The fraction of sp³-hybridized carbons (Fsp3) is 0.250. The van der Waals surface area contributed by atoms with Crippen molar-refractivity contribution >= 4 is 9.84 Å². The van der Waals surface area contributed by atoms with Crippen molar-refractivity contribution in [3.8, 4) is 5.75 Å². The average molecular weight is 305 g/mol. The number of nitrogens with two attached hydrogens (primary N) is 1. The molecule has 0 aliphatic carbocycles. The number of hydrogen-bond donors (Lipinski definition) is 1. The van der Waals surface area contributed by atoms with Crippen LogP contribution in [0.25, 0.3) is 0 Å². The van der Waals surface area contributed by atoms with Crippen LogP contribution in [0.15, 0.2) is 54.6 Å². The summed E-state index contributed by atoms with van der Waals surface area (Å²) in [5.74, 6) is 0.672. The first kappa shape index (κ1) is 15.5. The van der Waals surface area contributed by atoms with Crippen LogP contribution >= 0.6 is 0 Å². The van der Waals surface area contributed by atoms with Crippen LogP contribution in [0.5, 0.6) is 5.75 Å². The van der Waals surface area contributed by atoms with Gasteiger partial charge in [-0.3, -0.25) is 0 Å². The molecule has 112 valence electrons. The molecule has 0 amide bonds. The summed E-state index contributed by atoms with van der Waals surface area (Å²) in [5, 5.41) is 0. The van der Waals surface area contributed by atoms with E-state index in [0.717, 1.165) is 11.1 Å². The van der Waals surface area contributed by atoms with Gasteiger partial charge in [0.2, 0.25) is 0 Å². The second-order valence-corrected chi connectivity index (χ2v) is 6.92. The highest BCUT2D eigenvalue weighted by Crippen LogP contribution is 2.17. The van der Waals surface area contributed by atoms with E-state index < -0.39 is 9.84 Å². The van der Waals surface area contributed by atoms with E-state index in [2.05, 4.69) is 0 Å². The highest BCUT2D eigenvalue weighted by Gasteiger charge is 2.12. The predicted octanol–water partition coefficient (Wildman–Crippen LogP) is 2.14. The summed E-state index contributed by atoms with van der Waals surface area (Å²) < 4.78 is 29.6. The Morgan fingerprint density at radius 2 is 1.62 bits per heavy atom. The molecule has 0 spiro atoms. The average Bonchev–Trinajstić information content (AvgIpc) is 2.48. The third kappa shape index (κ3) is 4.88. The van der Waals surface area contributed by atoms with Crippen LogP contribution in [0.2, 0.25) is 0 Å². The van der Waals surface area contributed by atoms with E-state index in [0.29, 0.717) is 12.3 Å². The normalized spacial score (nSPS) is 11.3. The molecule has 2 N–H and O–H groups in total. The molecule has 4 nitrogen and oxygen atoms in total. The smallest absolute Gasteiger partial charge is 0.157 e. The van der Waals surface area contributed by atoms with Crippen molar-refractivity contribution in [1.29, 1.82) is 0 Å². The van der Waals surface area contributed by atoms with Crippen molar-refractivity contribution in [1.82, 2.24) is 0 Å². The molecule has 2 aromatic rings. The van der Waals surface area contributed by atoms with E-state index in [1.807, 2.05) is 48.5 Å². The summed E-state index contributed by atoms with van der Waals surface area (Å²) in [6.07, 6.45) is 0. The number of hydrogen-bond acceptors (Lipinski definition) is 4. The summed E-state index contributed by atoms with van der Waals surface area (Å²) in [5.41, 5.74) is 7.28. The van der Waals surface area contributed by atoms with E-state index in [-0.39, 0.29) is 18.1 Å². The van der Waals surface area contributed by atoms with Gasteiger partial charge >= 0.3 is 0 Å². The zero-order valence-corrected chi connectivity index (χ0v) is 12.6. The zero-order valence-electron chi connectivity index (χ0n) is 11.7. The summed E-state index contributed by atoms with van der Waals surface area (Å²) in [6, 6.07) is 16.5. The third-order valence-electron chi connectivity index (χ3n) is 3.07. The van der Waals surface area contributed by atoms with Crippen molar-refractivity contribution in [2.24, 2.45) is 5.73 Å². The molecule has 0 fully saturated rings. The lowest BCUT2D eigenvalue weighted by Crippen LogP contribution is -2.16. The molecule has 21 heavy (non-hydrogen) atoms. The van der Waals surface area contributed by atoms with Gasteiger partial charge in [0.05, 0.1) is 11.5 Å². The maximum Gasteiger partial charge on any atom is 0.157 e. The number of rotatable bonds is 7. The molecule has 0 radical (unpaired) electrons. The monoisotopic (exact) mass is 305 g/mol. The summed E-state index contributed by atoms with van der Waals surface area (Å²) >= 11 is 0. The first-order valence-corrected chi connectivity index (χ1v) is 8.58. The third-order valence-corrected chi connectivity index (χ3v) is 4.64. The van der Waals surface area contributed by atoms with Gasteiger partial charge in [0.1, 0.15) is 12.4 Å². The van der Waals surface area contributed by atoms with Crippen molar-refractivity contribution in [2.45, 2.75) is 12.3 Å². The molecule has 2 aromatic carbocycles. The minimum Gasteiger partial charge on any atom is -0.492 e. The molecule has 0 saturated heterocycles. The highest BCUT2D eigenvalue weighted by atomic mass is 32.2. The van der Waals surface area contributed by atoms with Gasteiger partial charge in [0, 0.05) is 12.1 Å². The Morgan fingerprint density at radius 1 is 0.952 bits per heavy atom. The molecule has 0 unspecified atom stereocenters. The Balaban J connectivity index is 1.90. The van der Waals surface area contributed by atoms with Crippen LogP contribution in [0.3, 0.4) is 0 Å². The van der Waals surface area contributed by atoms with Crippen molar-refractivity contribution < 1.29 is 13.2 Å². The van der Waals surface area contributed by atoms with Gasteiger partial charge in [-0.2, -0.15) is 0 Å². The molecule has 2 rings (SSSR count). The summed E-state index contributed by atoms with van der Waals surface area (Å²) in [6.45, 7) is 0.499. The predicted molar refractivity (Wildman–Crippen MR) is 83.8 cm³/mol. The fourth-order valence-electron chi connectivity index (χ4n) is 1.99. The molecule has 0 aliphatic rings. The molecular formula is C16H19NO3S. The molecule has 0 saturated carbocycles. The van der Waals surface area contributed by atoms with Gasteiger partial charge in [0.15, 0.2) is 9.84 Å². The van der Waals surface area contributed by atoms with E-state index in [1.165, 1.54) is 0 Å². The van der Waals surface area contributed by atoms with Gasteiger partial charge in [-0.1, -0.05) is 48.5 Å². The summed E-state index contributed by atoms with van der Waals surface area (Å²) in [4.78, 5) is 0. The Labute approximate surface area is 125 Å². The van der Waals surface area contributed by atoms with Crippen molar-refractivity contribution in [2.75, 3.05) is 12.4 Å². The molecule has 0 heterocycles. The quantitative estimate of drug-likeness (QED) is 0.851. The number of sulfone groups is 1. The Morgan fingerprint density at radius 3 is 2.33 bits per heavy atom. The van der Waals surface area contributed by atoms with Crippen LogP contribution in [0, 0.1) is 0 Å². The van der Waals surface area contributed by atoms with Crippen LogP contribution in [0.4, 0.5) is 0 Å². The number of benzene rings is 2. The van der Waals surface area contributed by atoms with Crippen molar-refractivity contribution in [3.05, 3.63) is 65.7 Å². The van der Waals surface area contributed by atoms with Gasteiger partial charge in [-0.05, 0) is 11.6 Å². The van der Waals surface area contributed by atoms with E-state index in [1.54, 1.807) is 6.07 Å². The standard InChI is InChI=1S/C16H19NO3S/c17-12-15-8-4-5-9-16(15)20-10-11-21(18,19)13-14-6-2-1-3-7-14/h1-9H,10-13,17H2. The maximum atomic E-state index is 12.0. The molecule has 0 atom stereocenters. The fourth-order valence-corrected chi connectivity index (χ4v) is 3.17. The second-order valence-electron chi connectivity index (χ2n) is 4.74. The lowest BCUT2D eigenvalue weighted by Gasteiger charge is -2.10. The molecule has 0 aromatic heterocycles. The lowest BCUT2D eigenvalue weighted by molar-refractivity contribution is 0.337. The molecular weight excluding hydrogens is 286 g/mol. The minimum absolute atomic E-state index is 0.0131. The van der Waals surface area contributed by atoms with Crippen LogP contribution in [-0.4, -0.2) is 20.8 Å². The number of para-hydroxylation sites is 1. The summed E-state index contributed by atoms with van der Waals surface area (Å²) in [7, 11) is -3.18. The first-order valence-electron chi connectivity index (χ1n) is 6.76. The topological polar surface area (TPSA) is 69.4 Å². The lowest BCUT2D eigenvalue weighted by atomic mass is 10.2. The van der Waals surface area contributed by atoms with E-state index in [4.69, 9.17) is 10.5 Å². The minimum atomic E-state index is -3.18.